The van der Waals surface area contributed by atoms with Gasteiger partial charge in [0.25, 0.3) is 5.91 Å². The van der Waals surface area contributed by atoms with Crippen molar-refractivity contribution < 1.29 is 15.0 Å². The minimum absolute atomic E-state index is 0.239. The van der Waals surface area contributed by atoms with Crippen LogP contribution < -0.4 is 5.32 Å². The van der Waals surface area contributed by atoms with E-state index in [9.17, 15) is 15.0 Å². The first kappa shape index (κ1) is 14.2. The fourth-order valence-corrected chi connectivity index (χ4v) is 2.53. The average Bonchev–Trinajstić information content (AvgIpc) is 2.65. The first-order chi connectivity index (χ1) is 7.98. The quantitative estimate of drug-likeness (QED) is 0.743. The number of aryl methyl sites for hydroxylation is 2. The van der Waals surface area contributed by atoms with Crippen molar-refractivity contribution in [1.29, 1.82) is 0 Å². The maximum Gasteiger partial charge on any atom is 0.252 e. The van der Waals surface area contributed by atoms with E-state index in [-0.39, 0.29) is 19.1 Å². The van der Waals surface area contributed by atoms with Crippen LogP contribution in [0.15, 0.2) is 6.07 Å². The van der Waals surface area contributed by atoms with Crippen molar-refractivity contribution in [3.63, 3.8) is 0 Å². The lowest BCUT2D eigenvalue weighted by Crippen LogP contribution is -2.53. The van der Waals surface area contributed by atoms with Crippen molar-refractivity contribution in [2.75, 3.05) is 13.2 Å². The number of hydrogen-bond acceptors (Lipinski definition) is 4. The zero-order valence-electron chi connectivity index (χ0n) is 10.4. The number of carbonyl (C=O) groups excluding carboxylic acids is 1. The Labute approximate surface area is 105 Å². The summed E-state index contributed by atoms with van der Waals surface area (Å²) in [5, 5.41) is 21.3. The molecule has 0 fully saturated rings. The van der Waals surface area contributed by atoms with Crippen LogP contribution >= 0.6 is 11.3 Å². The van der Waals surface area contributed by atoms with E-state index in [1.54, 1.807) is 11.3 Å². The second-order valence-electron chi connectivity index (χ2n) is 4.23. The highest BCUT2D eigenvalue weighted by Crippen LogP contribution is 2.21. The second kappa shape index (κ2) is 5.62. The molecule has 5 heteroatoms. The first-order valence-electron chi connectivity index (χ1n) is 5.59. The third kappa shape index (κ3) is 3.06. The number of aliphatic hydroxyl groups is 2. The Hall–Kier alpha value is -0.910. The molecule has 0 spiro atoms. The lowest BCUT2D eigenvalue weighted by atomic mass is 9.98. The van der Waals surface area contributed by atoms with Crippen LogP contribution in [0, 0.1) is 13.8 Å². The molecule has 1 aromatic rings. The predicted octanol–water partition coefficient (Wildman–Crippen LogP) is 1.23. The minimum atomic E-state index is -0.931. The van der Waals surface area contributed by atoms with Crippen LogP contribution in [-0.4, -0.2) is 34.9 Å². The highest BCUT2D eigenvalue weighted by atomic mass is 32.1. The smallest absolute Gasteiger partial charge is 0.252 e. The molecule has 1 heterocycles. The molecule has 1 rings (SSSR count). The van der Waals surface area contributed by atoms with E-state index < -0.39 is 5.54 Å². The lowest BCUT2D eigenvalue weighted by molar-refractivity contribution is 0.0653. The van der Waals surface area contributed by atoms with Gasteiger partial charge in [-0.2, -0.15) is 0 Å². The van der Waals surface area contributed by atoms with Gasteiger partial charge in [-0.1, -0.05) is 6.92 Å². The molecule has 0 atom stereocenters. The summed E-state index contributed by atoms with van der Waals surface area (Å²) in [6.07, 6.45) is 0.480. The summed E-state index contributed by atoms with van der Waals surface area (Å²) < 4.78 is 0. The molecule has 0 saturated carbocycles. The SMILES string of the molecule is CCC(CO)(CO)NC(=O)c1cc(C)sc1C. The summed E-state index contributed by atoms with van der Waals surface area (Å²) in [5.74, 6) is -0.239. The number of aliphatic hydroxyl groups excluding tert-OH is 2. The molecule has 4 nitrogen and oxygen atoms in total. The Kier molecular flexibility index (Phi) is 4.68. The van der Waals surface area contributed by atoms with E-state index in [0.29, 0.717) is 12.0 Å². The van der Waals surface area contributed by atoms with Crippen LogP contribution in [0.2, 0.25) is 0 Å². The fourth-order valence-electron chi connectivity index (χ4n) is 1.61. The standard InChI is InChI=1S/C12H19NO3S/c1-4-12(6-14,7-15)13-11(16)10-5-8(2)17-9(10)3/h5,14-15H,4,6-7H2,1-3H3,(H,13,16). The zero-order valence-corrected chi connectivity index (χ0v) is 11.2. The van der Waals surface area contributed by atoms with Gasteiger partial charge in [0.05, 0.1) is 24.3 Å². The Morgan fingerprint density at radius 1 is 1.41 bits per heavy atom. The third-order valence-electron chi connectivity index (χ3n) is 2.95. The largest absolute Gasteiger partial charge is 0.394 e. The van der Waals surface area contributed by atoms with E-state index in [1.807, 2.05) is 26.8 Å². The molecule has 0 radical (unpaired) electrons. The van der Waals surface area contributed by atoms with Crippen LogP contribution in [0.4, 0.5) is 0 Å². The first-order valence-corrected chi connectivity index (χ1v) is 6.41. The van der Waals surface area contributed by atoms with Crippen LogP contribution in [0.3, 0.4) is 0 Å². The van der Waals surface area contributed by atoms with E-state index in [2.05, 4.69) is 5.32 Å². The Balaban J connectivity index is 2.88. The Morgan fingerprint density at radius 2 is 2.00 bits per heavy atom. The van der Waals surface area contributed by atoms with Gasteiger partial charge in [0, 0.05) is 9.75 Å². The van der Waals surface area contributed by atoms with Crippen molar-refractivity contribution in [2.24, 2.45) is 0 Å². The molecular weight excluding hydrogens is 238 g/mol. The molecule has 0 aliphatic rings. The van der Waals surface area contributed by atoms with E-state index in [1.165, 1.54) is 0 Å². The molecule has 96 valence electrons. The van der Waals surface area contributed by atoms with Gasteiger partial charge in [-0.05, 0) is 26.3 Å². The van der Waals surface area contributed by atoms with Gasteiger partial charge in [0.15, 0.2) is 0 Å². The lowest BCUT2D eigenvalue weighted by Gasteiger charge is -2.29. The molecule has 0 aliphatic heterocycles. The van der Waals surface area contributed by atoms with E-state index in [4.69, 9.17) is 0 Å². The minimum Gasteiger partial charge on any atom is -0.394 e. The van der Waals surface area contributed by atoms with Crippen molar-refractivity contribution in [3.8, 4) is 0 Å². The van der Waals surface area contributed by atoms with Gasteiger partial charge in [0.2, 0.25) is 0 Å². The van der Waals surface area contributed by atoms with Crippen LogP contribution in [0.1, 0.15) is 33.5 Å². The fraction of sp³-hybridized carbons (Fsp3) is 0.583. The van der Waals surface area contributed by atoms with E-state index >= 15 is 0 Å². The Bertz CT molecular complexity index is 388. The topological polar surface area (TPSA) is 69.6 Å². The summed E-state index contributed by atoms with van der Waals surface area (Å²) in [6.45, 7) is 5.11. The molecule has 0 aromatic carbocycles. The monoisotopic (exact) mass is 257 g/mol. The maximum atomic E-state index is 12.0. The van der Waals surface area contributed by atoms with Gasteiger partial charge in [-0.3, -0.25) is 4.79 Å². The number of thiophene rings is 1. The molecular formula is C12H19NO3S. The summed E-state index contributed by atoms with van der Waals surface area (Å²) >= 11 is 1.56. The molecule has 1 amide bonds. The highest BCUT2D eigenvalue weighted by molar-refractivity contribution is 7.12. The molecule has 17 heavy (non-hydrogen) atoms. The number of nitrogens with one attached hydrogen (secondary N) is 1. The van der Waals surface area contributed by atoms with Gasteiger partial charge in [-0.25, -0.2) is 0 Å². The van der Waals surface area contributed by atoms with Crippen molar-refractivity contribution in [1.82, 2.24) is 5.32 Å². The molecule has 1 aromatic heterocycles. The van der Waals surface area contributed by atoms with Gasteiger partial charge in [-0.15, -0.1) is 11.3 Å². The summed E-state index contributed by atoms with van der Waals surface area (Å²) in [5.41, 5.74) is -0.313. The molecule has 0 aliphatic carbocycles. The van der Waals surface area contributed by atoms with Gasteiger partial charge in [0.1, 0.15) is 0 Å². The maximum absolute atomic E-state index is 12.0. The van der Waals surface area contributed by atoms with Crippen molar-refractivity contribution >= 4 is 17.2 Å². The number of amides is 1. The van der Waals surface area contributed by atoms with Crippen LogP contribution in [0.25, 0.3) is 0 Å². The average molecular weight is 257 g/mol. The predicted molar refractivity (Wildman–Crippen MR) is 68.5 cm³/mol. The zero-order chi connectivity index (χ0) is 13.1. The molecule has 0 unspecified atom stereocenters. The third-order valence-corrected chi connectivity index (χ3v) is 3.91. The number of rotatable bonds is 5. The van der Waals surface area contributed by atoms with Crippen LogP contribution in [0.5, 0.6) is 0 Å². The van der Waals surface area contributed by atoms with Gasteiger partial charge < -0.3 is 15.5 Å². The second-order valence-corrected chi connectivity index (χ2v) is 5.69. The summed E-state index contributed by atoms with van der Waals surface area (Å²) in [4.78, 5) is 14.1. The normalized spacial score (nSPS) is 11.6. The van der Waals surface area contributed by atoms with Gasteiger partial charge >= 0.3 is 0 Å². The molecule has 3 N–H and O–H groups in total. The number of hydrogen-bond donors (Lipinski definition) is 3. The van der Waals surface area contributed by atoms with Crippen molar-refractivity contribution in [2.45, 2.75) is 32.7 Å². The van der Waals surface area contributed by atoms with Crippen molar-refractivity contribution in [3.05, 3.63) is 21.4 Å². The molecule has 0 bridgehead atoms. The number of carbonyl (C=O) groups is 1. The Morgan fingerprint density at radius 3 is 2.35 bits per heavy atom. The van der Waals surface area contributed by atoms with E-state index in [0.717, 1.165) is 9.75 Å². The molecule has 0 saturated heterocycles. The summed E-state index contributed by atoms with van der Waals surface area (Å²) in [6, 6.07) is 1.82. The van der Waals surface area contributed by atoms with Crippen LogP contribution in [-0.2, 0) is 0 Å². The highest BCUT2D eigenvalue weighted by Gasteiger charge is 2.29. The summed E-state index contributed by atoms with van der Waals surface area (Å²) in [7, 11) is 0.